The molecule has 2 N–H and O–H groups in total. The number of carbonyl (C=O) groups is 1. The van der Waals surface area contributed by atoms with Crippen molar-refractivity contribution in [3.63, 3.8) is 0 Å². The molecule has 0 atom stereocenters. The minimum atomic E-state index is -0.793. The standard InChI is InChI=1S/C20H18N4O3/c25-18(26)8-5-14-3-6-15(7-4-14)17-13-24-10-9-21-20(24)19(23-17)22-12-16-2-1-11-27-16/h1-4,6-7,9-11,13H,5,8,12H2,(H,22,23)(H,25,26). The number of carboxylic acid groups (broad SMARTS) is 1. The van der Waals surface area contributed by atoms with E-state index in [0.717, 1.165) is 28.2 Å². The van der Waals surface area contributed by atoms with Gasteiger partial charge in [-0.3, -0.25) is 4.79 Å². The predicted molar refractivity (Wildman–Crippen MR) is 100 cm³/mol. The van der Waals surface area contributed by atoms with E-state index < -0.39 is 5.97 Å². The highest BCUT2D eigenvalue weighted by Crippen LogP contribution is 2.23. The fraction of sp³-hybridized carbons (Fsp3) is 0.150. The molecule has 7 heteroatoms. The van der Waals surface area contributed by atoms with Crippen LogP contribution in [0.15, 0.2) is 65.7 Å². The fourth-order valence-electron chi connectivity index (χ4n) is 2.87. The van der Waals surface area contributed by atoms with E-state index in [1.54, 1.807) is 12.5 Å². The molecule has 0 fully saturated rings. The summed E-state index contributed by atoms with van der Waals surface area (Å²) in [5.41, 5.74) is 3.47. The first-order valence-electron chi connectivity index (χ1n) is 8.60. The lowest BCUT2D eigenvalue weighted by Gasteiger charge is -2.09. The van der Waals surface area contributed by atoms with E-state index in [4.69, 9.17) is 14.5 Å². The molecule has 4 aromatic rings. The number of anilines is 1. The molecule has 7 nitrogen and oxygen atoms in total. The molecule has 136 valence electrons. The average molecular weight is 362 g/mol. The summed E-state index contributed by atoms with van der Waals surface area (Å²) >= 11 is 0. The average Bonchev–Trinajstić information content (AvgIpc) is 3.36. The van der Waals surface area contributed by atoms with Crippen molar-refractivity contribution in [2.24, 2.45) is 0 Å². The van der Waals surface area contributed by atoms with Gasteiger partial charge in [0.15, 0.2) is 11.5 Å². The summed E-state index contributed by atoms with van der Waals surface area (Å²) in [6, 6.07) is 11.5. The minimum absolute atomic E-state index is 0.124. The van der Waals surface area contributed by atoms with Gasteiger partial charge in [-0.15, -0.1) is 0 Å². The zero-order valence-electron chi connectivity index (χ0n) is 14.5. The van der Waals surface area contributed by atoms with Crippen molar-refractivity contribution < 1.29 is 14.3 Å². The Morgan fingerprint density at radius 2 is 2.07 bits per heavy atom. The number of aryl methyl sites for hydroxylation is 1. The van der Waals surface area contributed by atoms with Gasteiger partial charge in [-0.2, -0.15) is 0 Å². The maximum absolute atomic E-state index is 10.7. The third kappa shape index (κ3) is 3.82. The van der Waals surface area contributed by atoms with E-state index in [1.807, 2.05) is 53.2 Å². The number of aromatic nitrogens is 3. The number of imidazole rings is 1. The van der Waals surface area contributed by atoms with Crippen molar-refractivity contribution in [2.45, 2.75) is 19.4 Å². The Morgan fingerprint density at radius 1 is 1.22 bits per heavy atom. The summed E-state index contributed by atoms with van der Waals surface area (Å²) in [4.78, 5) is 19.8. The number of fused-ring (bicyclic) bond motifs is 1. The molecular formula is C20H18N4O3. The van der Waals surface area contributed by atoms with Gasteiger partial charge >= 0.3 is 5.97 Å². The van der Waals surface area contributed by atoms with Gasteiger partial charge < -0.3 is 19.2 Å². The van der Waals surface area contributed by atoms with Crippen LogP contribution in [-0.4, -0.2) is 25.4 Å². The number of nitrogens with zero attached hydrogens (tertiary/aromatic N) is 3. The second-order valence-electron chi connectivity index (χ2n) is 6.16. The molecule has 1 aromatic carbocycles. The first kappa shape index (κ1) is 16.8. The molecule has 0 spiro atoms. The minimum Gasteiger partial charge on any atom is -0.481 e. The number of hydrogen-bond acceptors (Lipinski definition) is 5. The molecule has 0 aliphatic heterocycles. The number of aliphatic carboxylic acids is 1. The first-order valence-corrected chi connectivity index (χ1v) is 8.60. The van der Waals surface area contributed by atoms with Crippen molar-refractivity contribution in [1.82, 2.24) is 14.4 Å². The van der Waals surface area contributed by atoms with Crippen molar-refractivity contribution in [3.05, 3.63) is 72.6 Å². The molecule has 0 saturated heterocycles. The molecule has 3 aromatic heterocycles. The first-order chi connectivity index (χ1) is 13.2. The zero-order valence-corrected chi connectivity index (χ0v) is 14.5. The summed E-state index contributed by atoms with van der Waals surface area (Å²) in [5, 5.41) is 12.1. The zero-order chi connectivity index (χ0) is 18.6. The molecule has 0 amide bonds. The summed E-state index contributed by atoms with van der Waals surface area (Å²) in [7, 11) is 0. The van der Waals surface area contributed by atoms with Crippen LogP contribution in [0, 0.1) is 0 Å². The van der Waals surface area contributed by atoms with Crippen LogP contribution >= 0.6 is 0 Å². The van der Waals surface area contributed by atoms with Gasteiger partial charge in [0.25, 0.3) is 0 Å². The maximum Gasteiger partial charge on any atom is 0.303 e. The van der Waals surface area contributed by atoms with Crippen LogP contribution < -0.4 is 5.32 Å². The lowest BCUT2D eigenvalue weighted by molar-refractivity contribution is -0.136. The molecule has 27 heavy (non-hydrogen) atoms. The summed E-state index contributed by atoms with van der Waals surface area (Å²) in [5.74, 6) is 0.692. The molecule has 0 aliphatic carbocycles. The third-order valence-electron chi connectivity index (χ3n) is 4.26. The molecule has 3 heterocycles. The Bertz CT molecular complexity index is 1050. The molecule has 0 radical (unpaired) electrons. The highest BCUT2D eigenvalue weighted by molar-refractivity contribution is 5.69. The van der Waals surface area contributed by atoms with Crippen LogP contribution in [0.5, 0.6) is 0 Å². The van der Waals surface area contributed by atoms with Crippen molar-refractivity contribution in [3.8, 4) is 11.3 Å². The van der Waals surface area contributed by atoms with E-state index in [2.05, 4.69) is 10.3 Å². The van der Waals surface area contributed by atoms with Gasteiger partial charge in [-0.05, 0) is 24.1 Å². The largest absolute Gasteiger partial charge is 0.481 e. The summed E-state index contributed by atoms with van der Waals surface area (Å²) < 4.78 is 7.28. The highest BCUT2D eigenvalue weighted by atomic mass is 16.4. The normalized spacial score (nSPS) is 11.0. The van der Waals surface area contributed by atoms with Gasteiger partial charge in [0.1, 0.15) is 5.76 Å². The van der Waals surface area contributed by atoms with Crippen molar-refractivity contribution in [1.29, 1.82) is 0 Å². The SMILES string of the molecule is O=C(O)CCc1ccc(-c2cn3ccnc3c(NCc3ccco3)n2)cc1. The quantitative estimate of drug-likeness (QED) is 0.522. The number of nitrogens with one attached hydrogen (secondary N) is 1. The number of benzene rings is 1. The van der Waals surface area contributed by atoms with Crippen LogP contribution in [0.25, 0.3) is 16.9 Å². The van der Waals surface area contributed by atoms with Crippen LogP contribution in [0.3, 0.4) is 0 Å². The van der Waals surface area contributed by atoms with Crippen LogP contribution in [0.1, 0.15) is 17.7 Å². The smallest absolute Gasteiger partial charge is 0.303 e. The molecule has 0 aliphatic rings. The van der Waals surface area contributed by atoms with Gasteiger partial charge in [-0.1, -0.05) is 24.3 Å². The van der Waals surface area contributed by atoms with Crippen LogP contribution in [0.2, 0.25) is 0 Å². The van der Waals surface area contributed by atoms with Gasteiger partial charge in [0.2, 0.25) is 0 Å². The van der Waals surface area contributed by atoms with Gasteiger partial charge in [0, 0.05) is 30.6 Å². The number of rotatable bonds is 7. The van der Waals surface area contributed by atoms with Gasteiger partial charge in [0.05, 0.1) is 18.5 Å². The topological polar surface area (TPSA) is 92.7 Å². The Kier molecular flexibility index (Phi) is 4.57. The Morgan fingerprint density at radius 3 is 2.81 bits per heavy atom. The fourth-order valence-corrected chi connectivity index (χ4v) is 2.87. The van der Waals surface area contributed by atoms with E-state index in [1.165, 1.54) is 0 Å². The number of carboxylic acids is 1. The molecule has 0 bridgehead atoms. The molecule has 0 saturated carbocycles. The summed E-state index contributed by atoms with van der Waals surface area (Å²) in [6.07, 6.45) is 7.80. The highest BCUT2D eigenvalue weighted by Gasteiger charge is 2.10. The van der Waals surface area contributed by atoms with Crippen molar-refractivity contribution >= 4 is 17.4 Å². The Hall–Kier alpha value is -3.61. The number of furan rings is 1. The van der Waals surface area contributed by atoms with E-state index in [9.17, 15) is 4.79 Å². The Balaban J connectivity index is 1.60. The van der Waals surface area contributed by atoms with Crippen LogP contribution in [-0.2, 0) is 17.8 Å². The predicted octanol–water partition coefficient (Wildman–Crippen LogP) is 3.62. The molecule has 0 unspecified atom stereocenters. The second kappa shape index (κ2) is 7.33. The third-order valence-corrected chi connectivity index (χ3v) is 4.26. The van der Waals surface area contributed by atoms with E-state index >= 15 is 0 Å². The monoisotopic (exact) mass is 362 g/mol. The maximum atomic E-state index is 10.7. The lowest BCUT2D eigenvalue weighted by atomic mass is 10.1. The second-order valence-corrected chi connectivity index (χ2v) is 6.16. The lowest BCUT2D eigenvalue weighted by Crippen LogP contribution is -2.04. The molecule has 4 rings (SSSR count). The number of hydrogen-bond donors (Lipinski definition) is 2. The summed E-state index contributed by atoms with van der Waals surface area (Å²) in [6.45, 7) is 0.514. The van der Waals surface area contributed by atoms with Crippen LogP contribution in [0.4, 0.5) is 5.82 Å². The van der Waals surface area contributed by atoms with Crippen molar-refractivity contribution in [2.75, 3.05) is 5.32 Å². The Labute approximate surface area is 155 Å². The van der Waals surface area contributed by atoms with E-state index in [-0.39, 0.29) is 6.42 Å². The van der Waals surface area contributed by atoms with E-state index in [0.29, 0.717) is 18.8 Å². The molecular weight excluding hydrogens is 344 g/mol. The van der Waals surface area contributed by atoms with Gasteiger partial charge in [-0.25, -0.2) is 9.97 Å².